The van der Waals surface area contributed by atoms with Crippen LogP contribution in [-0.4, -0.2) is 43.7 Å². The average molecular weight is 539 g/mol. The number of anilines is 1. The summed E-state index contributed by atoms with van der Waals surface area (Å²) >= 11 is 6.05. The molecular weight excluding hydrogens is 512 g/mol. The molecule has 3 N–H and O–H groups in total. The standard InChI is InChI=1S/C26H25ClN6O3.H2S/c1-16-12-28-26(31-20-9-10-36-23-8-3-2-7-19(20)23)32-24(16)33-13-21(29-15-33)25(35)30-22(14-34)17-5-4-6-18(27)11-17;/h2-8,11-13,15,20,22,34H,9-10,14H2,1H3,(H,30,35)(H,28,31,32);1H2/t20?,22-;/m1./s1. The minimum Gasteiger partial charge on any atom is -0.493 e. The zero-order chi connectivity index (χ0) is 25.1. The van der Waals surface area contributed by atoms with Crippen LogP contribution < -0.4 is 15.4 Å². The predicted octanol–water partition coefficient (Wildman–Crippen LogP) is 4.14. The van der Waals surface area contributed by atoms with Gasteiger partial charge in [-0.25, -0.2) is 9.97 Å². The van der Waals surface area contributed by atoms with E-state index in [0.29, 0.717) is 29.0 Å². The van der Waals surface area contributed by atoms with Crippen LogP contribution in [0.25, 0.3) is 5.82 Å². The molecule has 1 aliphatic heterocycles. The summed E-state index contributed by atoms with van der Waals surface area (Å²) in [5.74, 6) is 1.51. The Bertz CT molecular complexity index is 1400. The number of imidazole rings is 1. The normalized spacial score (nSPS) is 15.1. The summed E-state index contributed by atoms with van der Waals surface area (Å²) < 4.78 is 7.43. The lowest BCUT2D eigenvalue weighted by Gasteiger charge is -2.26. The van der Waals surface area contributed by atoms with Crippen molar-refractivity contribution in [1.29, 1.82) is 0 Å². The van der Waals surface area contributed by atoms with Gasteiger partial charge in [0.2, 0.25) is 5.95 Å². The van der Waals surface area contributed by atoms with Crippen LogP contribution in [0.1, 0.15) is 45.7 Å². The number of fused-ring (bicyclic) bond motifs is 1. The first-order valence-corrected chi connectivity index (χ1v) is 11.9. The van der Waals surface area contributed by atoms with Crippen molar-refractivity contribution in [2.75, 3.05) is 18.5 Å². The Morgan fingerprint density at radius 2 is 2.08 bits per heavy atom. The van der Waals surface area contributed by atoms with Crippen LogP contribution >= 0.6 is 25.1 Å². The third-order valence-electron chi connectivity index (χ3n) is 6.01. The summed E-state index contributed by atoms with van der Waals surface area (Å²) in [5, 5.41) is 16.5. The van der Waals surface area contributed by atoms with Crippen molar-refractivity contribution >= 4 is 37.0 Å². The van der Waals surface area contributed by atoms with Gasteiger partial charge in [0, 0.05) is 35.0 Å². The van der Waals surface area contributed by atoms with Crippen LogP contribution in [-0.2, 0) is 0 Å². The third-order valence-corrected chi connectivity index (χ3v) is 6.24. The highest BCUT2D eigenvalue weighted by atomic mass is 35.5. The minimum absolute atomic E-state index is 0. The maximum Gasteiger partial charge on any atom is 0.272 e. The van der Waals surface area contributed by atoms with E-state index in [1.54, 1.807) is 41.2 Å². The number of hydrogen-bond donors (Lipinski definition) is 3. The SMILES string of the molecule is Cc1cnc(NC2CCOc3ccccc32)nc1-n1cnc(C(=O)N[C@H](CO)c2cccc(Cl)c2)c1.S. The van der Waals surface area contributed by atoms with Crippen molar-refractivity contribution in [3.8, 4) is 11.6 Å². The number of para-hydroxylation sites is 1. The number of nitrogens with one attached hydrogen (secondary N) is 2. The lowest BCUT2D eigenvalue weighted by atomic mass is 10.0. The zero-order valence-corrected chi connectivity index (χ0v) is 21.8. The van der Waals surface area contributed by atoms with Crippen molar-refractivity contribution in [1.82, 2.24) is 24.8 Å². The Morgan fingerprint density at radius 1 is 1.24 bits per heavy atom. The first-order chi connectivity index (χ1) is 17.5. The first kappa shape index (κ1) is 26.5. The van der Waals surface area contributed by atoms with Crippen molar-refractivity contribution in [3.05, 3.63) is 94.7 Å². The summed E-state index contributed by atoms with van der Waals surface area (Å²) in [6.07, 6.45) is 5.66. The molecule has 0 radical (unpaired) electrons. The van der Waals surface area contributed by atoms with E-state index in [0.717, 1.165) is 23.3 Å². The van der Waals surface area contributed by atoms with E-state index in [1.165, 1.54) is 6.33 Å². The van der Waals surface area contributed by atoms with Gasteiger partial charge in [0.25, 0.3) is 5.91 Å². The second kappa shape index (κ2) is 11.6. The molecule has 9 nitrogen and oxygen atoms in total. The molecule has 37 heavy (non-hydrogen) atoms. The molecule has 0 spiro atoms. The Morgan fingerprint density at radius 3 is 2.89 bits per heavy atom. The number of aromatic nitrogens is 4. The summed E-state index contributed by atoms with van der Waals surface area (Å²) in [5.41, 5.74) is 2.79. The number of aliphatic hydroxyl groups excluding tert-OH is 1. The number of nitrogens with zero attached hydrogens (tertiary/aromatic N) is 4. The number of hydrogen-bond acceptors (Lipinski definition) is 7. The number of carbonyl (C=O) groups is 1. The highest BCUT2D eigenvalue weighted by Gasteiger charge is 2.22. The first-order valence-electron chi connectivity index (χ1n) is 11.6. The molecular formula is C26H27ClN6O3S. The molecule has 4 aromatic rings. The highest BCUT2D eigenvalue weighted by Crippen LogP contribution is 2.33. The number of carbonyl (C=O) groups excluding carboxylic acids is 1. The molecule has 1 amide bonds. The molecule has 2 atom stereocenters. The molecule has 5 rings (SSSR count). The Balaban J connectivity index is 0.00000320. The van der Waals surface area contributed by atoms with Crippen molar-refractivity contribution in [3.63, 3.8) is 0 Å². The van der Waals surface area contributed by atoms with Gasteiger partial charge in [0.1, 0.15) is 23.6 Å². The summed E-state index contributed by atoms with van der Waals surface area (Å²) in [6, 6.07) is 14.3. The van der Waals surface area contributed by atoms with Gasteiger partial charge in [0.15, 0.2) is 0 Å². The van der Waals surface area contributed by atoms with Gasteiger partial charge in [-0.15, -0.1) is 0 Å². The summed E-state index contributed by atoms with van der Waals surface area (Å²) in [4.78, 5) is 26.3. The summed E-state index contributed by atoms with van der Waals surface area (Å²) in [6.45, 7) is 2.23. The van der Waals surface area contributed by atoms with Gasteiger partial charge in [-0.1, -0.05) is 41.9 Å². The van der Waals surface area contributed by atoms with E-state index < -0.39 is 11.9 Å². The van der Waals surface area contributed by atoms with Crippen LogP contribution in [0.4, 0.5) is 5.95 Å². The van der Waals surface area contributed by atoms with Crippen molar-refractivity contribution in [2.45, 2.75) is 25.4 Å². The van der Waals surface area contributed by atoms with E-state index in [2.05, 4.69) is 20.6 Å². The molecule has 0 aliphatic carbocycles. The molecule has 0 bridgehead atoms. The number of benzene rings is 2. The molecule has 3 heterocycles. The highest BCUT2D eigenvalue weighted by molar-refractivity contribution is 7.59. The van der Waals surface area contributed by atoms with Gasteiger partial charge in [-0.2, -0.15) is 18.5 Å². The maximum atomic E-state index is 12.9. The van der Waals surface area contributed by atoms with Gasteiger partial charge < -0.3 is 20.5 Å². The van der Waals surface area contributed by atoms with Crippen LogP contribution in [0.2, 0.25) is 5.02 Å². The van der Waals surface area contributed by atoms with Gasteiger partial charge in [-0.05, 0) is 30.7 Å². The number of amides is 1. The average Bonchev–Trinajstić information content (AvgIpc) is 3.39. The number of aryl methyl sites for hydroxylation is 1. The third kappa shape index (κ3) is 5.87. The maximum absolute atomic E-state index is 12.9. The van der Waals surface area contributed by atoms with E-state index in [4.69, 9.17) is 21.3 Å². The molecule has 192 valence electrons. The Kier molecular flexibility index (Phi) is 8.32. The fourth-order valence-corrected chi connectivity index (χ4v) is 4.36. The fraction of sp³-hybridized carbons (Fsp3) is 0.231. The van der Waals surface area contributed by atoms with Crippen LogP contribution in [0.5, 0.6) is 5.75 Å². The van der Waals surface area contributed by atoms with Crippen LogP contribution in [0.3, 0.4) is 0 Å². The number of ether oxygens (including phenoxy) is 1. The molecule has 0 saturated heterocycles. The van der Waals surface area contributed by atoms with E-state index in [9.17, 15) is 9.90 Å². The molecule has 0 saturated carbocycles. The molecule has 2 aromatic carbocycles. The molecule has 1 aliphatic rings. The van der Waals surface area contributed by atoms with E-state index in [1.807, 2.05) is 31.2 Å². The zero-order valence-electron chi connectivity index (χ0n) is 20.1. The number of aliphatic hydroxyl groups is 1. The number of halogens is 1. The molecule has 0 fully saturated rings. The van der Waals surface area contributed by atoms with Gasteiger partial charge >= 0.3 is 0 Å². The monoisotopic (exact) mass is 538 g/mol. The van der Waals surface area contributed by atoms with E-state index in [-0.39, 0.29) is 31.8 Å². The lowest BCUT2D eigenvalue weighted by Crippen LogP contribution is -2.31. The van der Waals surface area contributed by atoms with Gasteiger partial charge in [-0.3, -0.25) is 9.36 Å². The predicted molar refractivity (Wildman–Crippen MR) is 146 cm³/mol. The second-order valence-corrected chi connectivity index (χ2v) is 8.94. The van der Waals surface area contributed by atoms with Gasteiger partial charge in [0.05, 0.1) is 25.3 Å². The topological polar surface area (TPSA) is 114 Å². The largest absolute Gasteiger partial charge is 0.493 e. The Labute approximate surface area is 226 Å². The van der Waals surface area contributed by atoms with Crippen molar-refractivity contribution in [2.24, 2.45) is 0 Å². The minimum atomic E-state index is -0.611. The van der Waals surface area contributed by atoms with Crippen molar-refractivity contribution < 1.29 is 14.6 Å². The Hall–Kier alpha value is -3.60. The molecule has 11 heteroatoms. The van der Waals surface area contributed by atoms with Crippen LogP contribution in [0, 0.1) is 6.92 Å². The van der Waals surface area contributed by atoms with Crippen LogP contribution in [0.15, 0.2) is 67.3 Å². The smallest absolute Gasteiger partial charge is 0.272 e. The summed E-state index contributed by atoms with van der Waals surface area (Å²) in [7, 11) is 0. The molecule has 1 unspecified atom stereocenters. The second-order valence-electron chi connectivity index (χ2n) is 8.50. The quantitative estimate of drug-likeness (QED) is 0.324. The van der Waals surface area contributed by atoms with E-state index >= 15 is 0 Å². The molecule has 2 aromatic heterocycles. The number of rotatable bonds is 7. The fourth-order valence-electron chi connectivity index (χ4n) is 4.16. The lowest BCUT2D eigenvalue weighted by molar-refractivity contribution is 0.0911.